The average Bonchev–Trinajstić information content (AvgIpc) is 2.70. The van der Waals surface area contributed by atoms with Crippen LogP contribution in [0.2, 0.25) is 5.02 Å². The molecule has 144 valence electrons. The molecule has 0 fully saturated rings. The summed E-state index contributed by atoms with van der Waals surface area (Å²) in [5.41, 5.74) is 1.14. The number of carbonyl (C=O) groups is 2. The van der Waals surface area contributed by atoms with Crippen LogP contribution in [0.25, 0.3) is 10.9 Å². The molecule has 3 aromatic rings. The lowest BCUT2D eigenvalue weighted by atomic mass is 10.1. The molecule has 0 saturated heterocycles. The number of methoxy groups -OCH3 is 2. The van der Waals surface area contributed by atoms with Gasteiger partial charge >= 0.3 is 5.97 Å². The second-order valence-corrected chi connectivity index (χ2v) is 6.16. The van der Waals surface area contributed by atoms with E-state index in [1.165, 1.54) is 20.3 Å². The maximum absolute atomic E-state index is 12.2. The first-order valence-electron chi connectivity index (χ1n) is 8.25. The number of anilines is 1. The van der Waals surface area contributed by atoms with Crippen molar-refractivity contribution in [3.05, 3.63) is 59.2 Å². The predicted molar refractivity (Wildman–Crippen MR) is 105 cm³/mol. The molecule has 7 nitrogen and oxygen atoms in total. The molecule has 0 spiro atoms. The van der Waals surface area contributed by atoms with Crippen molar-refractivity contribution in [2.24, 2.45) is 0 Å². The highest BCUT2D eigenvalue weighted by Gasteiger charge is 2.15. The lowest BCUT2D eigenvalue weighted by Gasteiger charge is -2.12. The largest absolute Gasteiger partial charge is 0.497 e. The van der Waals surface area contributed by atoms with Crippen molar-refractivity contribution in [3.8, 4) is 11.5 Å². The van der Waals surface area contributed by atoms with Crippen molar-refractivity contribution in [1.82, 2.24) is 4.98 Å². The Morgan fingerprint density at radius 3 is 2.64 bits per heavy atom. The minimum Gasteiger partial charge on any atom is -0.497 e. The molecule has 1 amide bonds. The molecule has 1 heterocycles. The van der Waals surface area contributed by atoms with Crippen molar-refractivity contribution in [3.63, 3.8) is 0 Å². The Morgan fingerprint density at radius 1 is 1.11 bits per heavy atom. The summed E-state index contributed by atoms with van der Waals surface area (Å²) in [6.07, 6.45) is 0. The second kappa shape index (κ2) is 8.58. The van der Waals surface area contributed by atoms with Crippen LogP contribution in [0.3, 0.4) is 0 Å². The van der Waals surface area contributed by atoms with Crippen molar-refractivity contribution >= 4 is 40.1 Å². The number of amides is 1. The van der Waals surface area contributed by atoms with Crippen LogP contribution in [0.4, 0.5) is 5.69 Å². The SMILES string of the molecule is COC(=O)c1cc(OCC(=O)Nc2cccc(Cl)c2)c2cc(OC)ccc2n1. The van der Waals surface area contributed by atoms with Gasteiger partial charge in [0.1, 0.15) is 11.5 Å². The van der Waals surface area contributed by atoms with E-state index in [4.69, 9.17) is 25.8 Å². The Balaban J connectivity index is 1.85. The number of hydrogen-bond donors (Lipinski definition) is 1. The number of rotatable bonds is 6. The number of hydrogen-bond acceptors (Lipinski definition) is 6. The number of nitrogens with one attached hydrogen (secondary N) is 1. The maximum atomic E-state index is 12.2. The number of ether oxygens (including phenoxy) is 3. The van der Waals surface area contributed by atoms with E-state index in [1.54, 1.807) is 42.5 Å². The van der Waals surface area contributed by atoms with Crippen molar-refractivity contribution < 1.29 is 23.8 Å². The third-order valence-corrected chi connectivity index (χ3v) is 4.07. The van der Waals surface area contributed by atoms with E-state index in [2.05, 4.69) is 10.3 Å². The summed E-state index contributed by atoms with van der Waals surface area (Å²) >= 11 is 5.91. The molecule has 3 rings (SSSR count). The van der Waals surface area contributed by atoms with Gasteiger partial charge in [0, 0.05) is 22.2 Å². The van der Waals surface area contributed by atoms with Crippen LogP contribution >= 0.6 is 11.6 Å². The Kier molecular flexibility index (Phi) is 5.96. The molecule has 0 radical (unpaired) electrons. The summed E-state index contributed by atoms with van der Waals surface area (Å²) in [6.45, 7) is -0.274. The summed E-state index contributed by atoms with van der Waals surface area (Å²) in [7, 11) is 2.80. The zero-order chi connectivity index (χ0) is 20.1. The molecule has 1 N–H and O–H groups in total. The molecule has 0 saturated carbocycles. The zero-order valence-electron chi connectivity index (χ0n) is 15.2. The van der Waals surface area contributed by atoms with Crippen LogP contribution in [0, 0.1) is 0 Å². The monoisotopic (exact) mass is 400 g/mol. The summed E-state index contributed by atoms with van der Waals surface area (Å²) in [6, 6.07) is 13.3. The fraction of sp³-hybridized carbons (Fsp3) is 0.150. The van der Waals surface area contributed by atoms with Gasteiger partial charge in [-0.25, -0.2) is 9.78 Å². The van der Waals surface area contributed by atoms with Gasteiger partial charge in [0.25, 0.3) is 5.91 Å². The topological polar surface area (TPSA) is 86.8 Å². The minimum absolute atomic E-state index is 0.0745. The van der Waals surface area contributed by atoms with E-state index < -0.39 is 5.97 Å². The third-order valence-electron chi connectivity index (χ3n) is 3.84. The van der Waals surface area contributed by atoms with E-state index in [-0.39, 0.29) is 18.2 Å². The Labute approximate surface area is 166 Å². The van der Waals surface area contributed by atoms with Crippen LogP contribution in [-0.2, 0) is 9.53 Å². The first-order valence-corrected chi connectivity index (χ1v) is 8.63. The fourth-order valence-corrected chi connectivity index (χ4v) is 2.73. The van der Waals surface area contributed by atoms with Gasteiger partial charge in [-0.05, 0) is 36.4 Å². The second-order valence-electron chi connectivity index (χ2n) is 5.73. The normalized spacial score (nSPS) is 10.4. The van der Waals surface area contributed by atoms with Gasteiger partial charge < -0.3 is 19.5 Å². The number of benzene rings is 2. The number of halogens is 1. The highest BCUT2D eigenvalue weighted by molar-refractivity contribution is 6.30. The first-order chi connectivity index (χ1) is 13.5. The molecule has 0 atom stereocenters. The fourth-order valence-electron chi connectivity index (χ4n) is 2.54. The molecule has 0 aliphatic carbocycles. The van der Waals surface area contributed by atoms with Gasteiger partial charge in [0.2, 0.25) is 0 Å². The highest BCUT2D eigenvalue weighted by Crippen LogP contribution is 2.29. The van der Waals surface area contributed by atoms with Gasteiger partial charge in [-0.2, -0.15) is 0 Å². The van der Waals surface area contributed by atoms with Gasteiger partial charge in [-0.3, -0.25) is 4.79 Å². The van der Waals surface area contributed by atoms with Crippen LogP contribution in [-0.4, -0.2) is 37.7 Å². The van der Waals surface area contributed by atoms with Crippen molar-refractivity contribution in [2.45, 2.75) is 0 Å². The van der Waals surface area contributed by atoms with Gasteiger partial charge in [-0.1, -0.05) is 17.7 Å². The summed E-state index contributed by atoms with van der Waals surface area (Å²) in [4.78, 5) is 28.4. The summed E-state index contributed by atoms with van der Waals surface area (Å²) in [5, 5.41) is 3.80. The number of carbonyl (C=O) groups excluding carboxylic acids is 2. The smallest absolute Gasteiger partial charge is 0.356 e. The van der Waals surface area contributed by atoms with E-state index in [0.717, 1.165) is 0 Å². The zero-order valence-corrected chi connectivity index (χ0v) is 15.9. The maximum Gasteiger partial charge on any atom is 0.356 e. The molecule has 28 heavy (non-hydrogen) atoms. The third kappa shape index (κ3) is 4.50. The molecular weight excluding hydrogens is 384 g/mol. The first kappa shape index (κ1) is 19.4. The Bertz CT molecular complexity index is 1040. The predicted octanol–water partition coefficient (Wildman–Crippen LogP) is 3.70. The molecule has 0 aliphatic rings. The number of esters is 1. The van der Waals surface area contributed by atoms with Crippen molar-refractivity contribution in [1.29, 1.82) is 0 Å². The highest BCUT2D eigenvalue weighted by atomic mass is 35.5. The minimum atomic E-state index is -0.606. The molecular formula is C20H17ClN2O5. The van der Waals surface area contributed by atoms with E-state index >= 15 is 0 Å². The van der Waals surface area contributed by atoms with Crippen LogP contribution < -0.4 is 14.8 Å². The van der Waals surface area contributed by atoms with E-state index in [9.17, 15) is 9.59 Å². The summed E-state index contributed by atoms with van der Waals surface area (Å²) in [5.74, 6) is -0.0837. The Hall–Kier alpha value is -3.32. The summed E-state index contributed by atoms with van der Waals surface area (Å²) < 4.78 is 15.6. The molecule has 8 heteroatoms. The van der Waals surface area contributed by atoms with E-state index in [1.807, 2.05) is 0 Å². The van der Waals surface area contributed by atoms with Crippen LogP contribution in [0.5, 0.6) is 11.5 Å². The lowest BCUT2D eigenvalue weighted by Crippen LogP contribution is -2.20. The standard InChI is InChI=1S/C20H17ClN2O5/c1-26-14-6-7-16-15(9-14)18(10-17(23-16)20(25)27-2)28-11-19(24)22-13-5-3-4-12(21)8-13/h3-10H,11H2,1-2H3,(H,22,24). The number of aromatic nitrogens is 1. The van der Waals surface area contributed by atoms with Crippen LogP contribution in [0.1, 0.15) is 10.5 Å². The average molecular weight is 401 g/mol. The number of fused-ring (bicyclic) bond motifs is 1. The Morgan fingerprint density at radius 2 is 1.93 bits per heavy atom. The molecule has 0 unspecified atom stereocenters. The lowest BCUT2D eigenvalue weighted by molar-refractivity contribution is -0.118. The van der Waals surface area contributed by atoms with Crippen LogP contribution in [0.15, 0.2) is 48.5 Å². The van der Waals surface area contributed by atoms with Crippen molar-refractivity contribution in [2.75, 3.05) is 26.1 Å². The number of pyridine rings is 1. The van der Waals surface area contributed by atoms with Gasteiger partial charge in [0.05, 0.1) is 19.7 Å². The van der Waals surface area contributed by atoms with Gasteiger partial charge in [0.15, 0.2) is 12.3 Å². The molecule has 0 aliphatic heterocycles. The number of nitrogens with zero attached hydrogens (tertiary/aromatic N) is 1. The van der Waals surface area contributed by atoms with Gasteiger partial charge in [-0.15, -0.1) is 0 Å². The van der Waals surface area contributed by atoms with E-state index in [0.29, 0.717) is 33.1 Å². The molecule has 1 aromatic heterocycles. The quantitative estimate of drug-likeness (QED) is 0.635. The molecule has 0 bridgehead atoms. The molecule has 2 aromatic carbocycles.